The molecule has 0 amide bonds. The third kappa shape index (κ3) is 2.30. The summed E-state index contributed by atoms with van der Waals surface area (Å²) >= 11 is 0. The molecule has 3 rings (SSSR count). The number of fused-ring (bicyclic) bond motifs is 1. The van der Waals surface area contributed by atoms with Crippen molar-refractivity contribution in [2.45, 2.75) is 31.3 Å². The number of aliphatic hydroxyl groups is 3. The molecule has 3 heterocycles. The lowest BCUT2D eigenvalue weighted by molar-refractivity contribution is -0.0231. The van der Waals surface area contributed by atoms with Crippen molar-refractivity contribution in [2.75, 3.05) is 6.61 Å². The van der Waals surface area contributed by atoms with Gasteiger partial charge < -0.3 is 25.0 Å². The molecule has 2 aromatic heterocycles. The summed E-state index contributed by atoms with van der Waals surface area (Å²) in [5.41, 5.74) is -0.115. The fourth-order valence-electron chi connectivity index (χ4n) is 2.60. The maximum Gasteiger partial charge on any atom is 0.255 e. The number of pyridine rings is 2. The molecule has 22 heavy (non-hydrogen) atoms. The van der Waals surface area contributed by atoms with E-state index in [4.69, 9.17) is 9.84 Å². The lowest BCUT2D eigenvalue weighted by Gasteiger charge is -2.14. The van der Waals surface area contributed by atoms with Crippen LogP contribution >= 0.6 is 0 Å². The van der Waals surface area contributed by atoms with Crippen LogP contribution < -0.4 is 5.56 Å². The predicted octanol–water partition coefficient (Wildman–Crippen LogP) is -0.475. The summed E-state index contributed by atoms with van der Waals surface area (Å²) in [6.45, 7) is 1.06. The Morgan fingerprint density at radius 2 is 2.09 bits per heavy atom. The van der Waals surface area contributed by atoms with Gasteiger partial charge in [0.25, 0.3) is 5.56 Å². The maximum atomic E-state index is 13.4. The Morgan fingerprint density at radius 1 is 1.36 bits per heavy atom. The van der Waals surface area contributed by atoms with E-state index < -0.39 is 42.5 Å². The summed E-state index contributed by atoms with van der Waals surface area (Å²) in [6, 6.07) is 2.95. The largest absolute Gasteiger partial charge is 0.394 e. The first kappa shape index (κ1) is 15.0. The lowest BCUT2D eigenvalue weighted by atomic mass is 10.0. The Hall–Kier alpha value is -1.87. The highest BCUT2D eigenvalue weighted by Crippen LogP contribution is 2.32. The monoisotopic (exact) mass is 310 g/mol. The second kappa shape index (κ2) is 5.40. The second-order valence-corrected chi connectivity index (χ2v) is 5.35. The summed E-state index contributed by atoms with van der Waals surface area (Å²) in [5.74, 6) is -0.677. The molecule has 7 nitrogen and oxygen atoms in total. The van der Waals surface area contributed by atoms with Crippen LogP contribution in [0.1, 0.15) is 17.2 Å². The molecule has 0 aromatic carbocycles. The standard InChI is InChI=1S/C14H15FN2O5/c1-5-2-6-3-7(14(21)17-13(6)16-12(5)15)11-10(20)9(19)8(4-18)22-11/h2-3,8-11,18-20H,4H2,1H3,(H,16,17,21)/t8-,9?,10?,11+/m1/s1. The number of H-pyrrole nitrogens is 1. The molecule has 1 aliphatic heterocycles. The number of aliphatic hydroxyl groups excluding tert-OH is 3. The topological polar surface area (TPSA) is 116 Å². The number of aromatic nitrogens is 2. The Kier molecular flexibility index (Phi) is 3.69. The number of aryl methyl sites for hydroxylation is 1. The molecule has 0 bridgehead atoms. The number of rotatable bonds is 2. The number of halogens is 1. The fraction of sp³-hybridized carbons (Fsp3) is 0.429. The number of hydrogen-bond donors (Lipinski definition) is 4. The molecule has 0 radical (unpaired) electrons. The molecular weight excluding hydrogens is 295 g/mol. The van der Waals surface area contributed by atoms with Gasteiger partial charge >= 0.3 is 0 Å². The molecule has 1 saturated heterocycles. The molecular formula is C14H15FN2O5. The van der Waals surface area contributed by atoms with Crippen LogP contribution in [0.3, 0.4) is 0 Å². The van der Waals surface area contributed by atoms with Crippen molar-refractivity contribution in [3.05, 3.63) is 39.6 Å². The summed E-state index contributed by atoms with van der Waals surface area (Å²) < 4.78 is 18.8. The minimum Gasteiger partial charge on any atom is -0.394 e. The zero-order valence-electron chi connectivity index (χ0n) is 11.7. The molecule has 4 N–H and O–H groups in total. The predicted molar refractivity (Wildman–Crippen MR) is 73.8 cm³/mol. The number of ether oxygens (including phenoxy) is 1. The van der Waals surface area contributed by atoms with Crippen LogP contribution in [-0.2, 0) is 4.74 Å². The Bertz CT molecular complexity index is 778. The number of nitrogens with zero attached hydrogens (tertiary/aromatic N) is 1. The minimum absolute atomic E-state index is 0.0859. The minimum atomic E-state index is -1.34. The molecule has 2 unspecified atom stereocenters. The van der Waals surface area contributed by atoms with E-state index in [1.807, 2.05) is 0 Å². The lowest BCUT2D eigenvalue weighted by Crippen LogP contribution is -2.33. The summed E-state index contributed by atoms with van der Waals surface area (Å²) in [7, 11) is 0. The maximum absolute atomic E-state index is 13.4. The third-order valence-corrected chi connectivity index (χ3v) is 3.83. The van der Waals surface area contributed by atoms with E-state index in [1.165, 1.54) is 12.1 Å². The average Bonchev–Trinajstić information content (AvgIpc) is 2.76. The van der Waals surface area contributed by atoms with Crippen molar-refractivity contribution in [3.8, 4) is 0 Å². The molecule has 1 aliphatic rings. The van der Waals surface area contributed by atoms with Gasteiger partial charge in [-0.05, 0) is 19.1 Å². The Labute approximate surface area is 124 Å². The third-order valence-electron chi connectivity index (χ3n) is 3.83. The molecule has 118 valence electrons. The second-order valence-electron chi connectivity index (χ2n) is 5.35. The number of aromatic amines is 1. The zero-order chi connectivity index (χ0) is 16.0. The van der Waals surface area contributed by atoms with Gasteiger partial charge in [-0.25, -0.2) is 4.98 Å². The van der Waals surface area contributed by atoms with Crippen molar-refractivity contribution >= 4 is 11.0 Å². The molecule has 8 heteroatoms. The summed E-state index contributed by atoms with van der Waals surface area (Å²) in [4.78, 5) is 18.2. The molecule has 2 aromatic rings. The smallest absolute Gasteiger partial charge is 0.255 e. The number of nitrogens with one attached hydrogen (secondary N) is 1. The van der Waals surface area contributed by atoms with Crippen LogP contribution in [-0.4, -0.2) is 50.2 Å². The Balaban J connectivity index is 2.10. The first-order valence-electron chi connectivity index (χ1n) is 6.75. The zero-order valence-corrected chi connectivity index (χ0v) is 11.7. The first-order valence-corrected chi connectivity index (χ1v) is 6.75. The van der Waals surface area contributed by atoms with Gasteiger partial charge in [0.1, 0.15) is 30.1 Å². The van der Waals surface area contributed by atoms with Crippen LogP contribution in [0.25, 0.3) is 11.0 Å². The van der Waals surface area contributed by atoms with Crippen molar-refractivity contribution in [1.29, 1.82) is 0 Å². The van der Waals surface area contributed by atoms with Crippen molar-refractivity contribution in [3.63, 3.8) is 0 Å². The van der Waals surface area contributed by atoms with Gasteiger partial charge in [0.2, 0.25) is 5.95 Å². The fourth-order valence-corrected chi connectivity index (χ4v) is 2.60. The van der Waals surface area contributed by atoms with Gasteiger partial charge in [-0.3, -0.25) is 4.79 Å². The van der Waals surface area contributed by atoms with Crippen LogP contribution in [0.4, 0.5) is 4.39 Å². The molecule has 0 spiro atoms. The van der Waals surface area contributed by atoms with E-state index in [1.54, 1.807) is 6.92 Å². The van der Waals surface area contributed by atoms with Gasteiger partial charge in [0.05, 0.1) is 6.61 Å². The molecule has 1 fully saturated rings. The van der Waals surface area contributed by atoms with Crippen LogP contribution in [0, 0.1) is 12.9 Å². The van der Waals surface area contributed by atoms with Crippen molar-refractivity contribution in [1.82, 2.24) is 9.97 Å². The van der Waals surface area contributed by atoms with Crippen LogP contribution in [0.5, 0.6) is 0 Å². The van der Waals surface area contributed by atoms with Crippen molar-refractivity contribution < 1.29 is 24.4 Å². The first-order chi connectivity index (χ1) is 10.4. The average molecular weight is 310 g/mol. The number of hydrogen-bond acceptors (Lipinski definition) is 6. The Morgan fingerprint density at radius 3 is 2.73 bits per heavy atom. The normalized spacial score (nSPS) is 28.4. The van der Waals surface area contributed by atoms with E-state index in [9.17, 15) is 19.4 Å². The van der Waals surface area contributed by atoms with Gasteiger partial charge in [0.15, 0.2) is 0 Å². The van der Waals surface area contributed by atoms with Gasteiger partial charge in [0, 0.05) is 16.5 Å². The van der Waals surface area contributed by atoms with E-state index in [0.29, 0.717) is 10.9 Å². The quantitative estimate of drug-likeness (QED) is 0.557. The highest BCUT2D eigenvalue weighted by molar-refractivity contribution is 5.75. The summed E-state index contributed by atoms with van der Waals surface area (Å²) in [5, 5.41) is 29.3. The van der Waals surface area contributed by atoms with E-state index >= 15 is 0 Å². The van der Waals surface area contributed by atoms with Gasteiger partial charge in [-0.1, -0.05) is 0 Å². The summed E-state index contributed by atoms with van der Waals surface area (Å²) in [6.07, 6.45) is -4.68. The highest BCUT2D eigenvalue weighted by atomic mass is 19.1. The van der Waals surface area contributed by atoms with E-state index in [-0.39, 0.29) is 11.2 Å². The van der Waals surface area contributed by atoms with Crippen molar-refractivity contribution in [2.24, 2.45) is 0 Å². The molecule has 4 atom stereocenters. The van der Waals surface area contributed by atoms with Gasteiger partial charge in [-0.2, -0.15) is 4.39 Å². The van der Waals surface area contributed by atoms with Gasteiger partial charge in [-0.15, -0.1) is 0 Å². The van der Waals surface area contributed by atoms with Crippen LogP contribution in [0.15, 0.2) is 16.9 Å². The van der Waals surface area contributed by atoms with E-state index in [0.717, 1.165) is 0 Å². The highest BCUT2D eigenvalue weighted by Gasteiger charge is 2.44. The molecule has 0 saturated carbocycles. The SMILES string of the molecule is Cc1cc2cc([C@@H]3O[C@H](CO)C(O)C3O)c(=O)[nH]c2nc1F. The van der Waals surface area contributed by atoms with Crippen LogP contribution in [0.2, 0.25) is 0 Å². The molecule has 0 aliphatic carbocycles. The van der Waals surface area contributed by atoms with E-state index in [2.05, 4.69) is 9.97 Å².